The largest absolute Gasteiger partial charge is 0.349 e. The second kappa shape index (κ2) is 5.66. The molecule has 0 heterocycles. The normalized spacial score (nSPS) is 11.6. The predicted octanol–water partition coefficient (Wildman–Crippen LogP) is 2.53. The van der Waals surface area contributed by atoms with E-state index in [9.17, 15) is 4.79 Å². The number of hydrogen-bond acceptors (Lipinski definition) is 2. The van der Waals surface area contributed by atoms with E-state index in [1.165, 1.54) is 4.90 Å². The van der Waals surface area contributed by atoms with Crippen LogP contribution in [0.15, 0.2) is 28.7 Å². The van der Waals surface area contributed by atoms with Gasteiger partial charge in [-0.1, -0.05) is 34.1 Å². The second-order valence-corrected chi connectivity index (χ2v) is 4.55. The van der Waals surface area contributed by atoms with Crippen LogP contribution >= 0.6 is 15.9 Å². The van der Waals surface area contributed by atoms with Gasteiger partial charge in [0.15, 0.2) is 0 Å². The van der Waals surface area contributed by atoms with Gasteiger partial charge in [0.05, 0.1) is 12.0 Å². The van der Waals surface area contributed by atoms with Crippen LogP contribution in [0.4, 0.5) is 0 Å². The average Bonchev–Trinajstić information content (AvgIpc) is 2.26. The van der Waals surface area contributed by atoms with Gasteiger partial charge in [0.25, 0.3) is 0 Å². The smallest absolute Gasteiger partial charge is 0.223 e. The van der Waals surface area contributed by atoms with Crippen LogP contribution < -0.4 is 0 Å². The Balaban J connectivity index is 2.89. The number of halogens is 1. The molecule has 84 valence electrons. The Hall–Kier alpha value is -1.34. The van der Waals surface area contributed by atoms with Crippen molar-refractivity contribution in [2.24, 2.45) is 0 Å². The highest BCUT2D eigenvalue weighted by Gasteiger charge is 2.18. The predicted molar refractivity (Wildman–Crippen MR) is 65.8 cm³/mol. The number of carbonyl (C=O) groups excluding carboxylic acids is 1. The average molecular weight is 281 g/mol. The van der Waals surface area contributed by atoms with E-state index in [0.29, 0.717) is 0 Å². The van der Waals surface area contributed by atoms with Crippen molar-refractivity contribution in [3.8, 4) is 6.07 Å². The molecule has 16 heavy (non-hydrogen) atoms. The molecule has 0 saturated carbocycles. The van der Waals surface area contributed by atoms with Crippen molar-refractivity contribution >= 4 is 21.8 Å². The van der Waals surface area contributed by atoms with Crippen LogP contribution in [0.25, 0.3) is 0 Å². The summed E-state index contributed by atoms with van der Waals surface area (Å²) < 4.78 is 0.869. The highest BCUT2D eigenvalue weighted by Crippen LogP contribution is 2.27. The molecule has 0 aliphatic rings. The Morgan fingerprint density at radius 3 is 2.62 bits per heavy atom. The fourth-order valence-corrected chi connectivity index (χ4v) is 1.90. The summed E-state index contributed by atoms with van der Waals surface area (Å²) in [5.74, 6) is -0.437. The van der Waals surface area contributed by atoms with Crippen molar-refractivity contribution in [2.45, 2.75) is 12.3 Å². The molecule has 1 amide bonds. The number of rotatable bonds is 3. The number of amides is 1. The van der Waals surface area contributed by atoms with Gasteiger partial charge >= 0.3 is 0 Å². The SMILES string of the molecule is CN(C)C(=O)CC(C#N)c1ccccc1Br. The van der Waals surface area contributed by atoms with Crippen LogP contribution in [0.3, 0.4) is 0 Å². The van der Waals surface area contributed by atoms with Crippen molar-refractivity contribution in [3.63, 3.8) is 0 Å². The van der Waals surface area contributed by atoms with Gasteiger partial charge in [-0.05, 0) is 11.6 Å². The van der Waals surface area contributed by atoms with Gasteiger partial charge in [-0.15, -0.1) is 0 Å². The maximum absolute atomic E-state index is 11.6. The van der Waals surface area contributed by atoms with Crippen molar-refractivity contribution in [3.05, 3.63) is 34.3 Å². The van der Waals surface area contributed by atoms with E-state index in [-0.39, 0.29) is 12.3 Å². The topological polar surface area (TPSA) is 44.1 Å². The van der Waals surface area contributed by atoms with Crippen molar-refractivity contribution in [2.75, 3.05) is 14.1 Å². The quantitative estimate of drug-likeness (QED) is 0.854. The Bertz CT molecular complexity index is 423. The van der Waals surface area contributed by atoms with Gasteiger partial charge in [-0.2, -0.15) is 5.26 Å². The van der Waals surface area contributed by atoms with E-state index in [2.05, 4.69) is 22.0 Å². The molecular weight excluding hydrogens is 268 g/mol. The van der Waals surface area contributed by atoms with Crippen molar-refractivity contribution in [1.82, 2.24) is 4.90 Å². The standard InChI is InChI=1S/C12H13BrN2O/c1-15(2)12(16)7-9(8-14)10-5-3-4-6-11(10)13/h3-6,9H,7H2,1-2H3. The molecule has 1 unspecified atom stereocenters. The van der Waals surface area contributed by atoms with Gasteiger partial charge in [0, 0.05) is 25.0 Å². The first-order valence-corrected chi connectivity index (χ1v) is 5.69. The minimum absolute atomic E-state index is 0.0395. The molecule has 1 aromatic carbocycles. The number of carbonyl (C=O) groups is 1. The van der Waals surface area contributed by atoms with E-state index >= 15 is 0 Å². The summed E-state index contributed by atoms with van der Waals surface area (Å²) in [6.45, 7) is 0. The van der Waals surface area contributed by atoms with E-state index < -0.39 is 5.92 Å². The molecule has 3 nitrogen and oxygen atoms in total. The monoisotopic (exact) mass is 280 g/mol. The molecule has 0 N–H and O–H groups in total. The fourth-order valence-electron chi connectivity index (χ4n) is 1.34. The van der Waals surface area contributed by atoms with Crippen LogP contribution in [0.2, 0.25) is 0 Å². The van der Waals surface area contributed by atoms with Crippen LogP contribution in [0.5, 0.6) is 0 Å². The Morgan fingerprint density at radius 1 is 1.50 bits per heavy atom. The number of nitrogens with zero attached hydrogens (tertiary/aromatic N) is 2. The Labute approximate surface area is 104 Å². The maximum atomic E-state index is 11.6. The van der Waals surface area contributed by atoms with Crippen LogP contribution in [0, 0.1) is 11.3 Å². The number of hydrogen-bond donors (Lipinski definition) is 0. The van der Waals surface area contributed by atoms with Gasteiger partial charge < -0.3 is 4.90 Å². The molecule has 0 spiro atoms. The molecule has 1 aromatic rings. The van der Waals surface area contributed by atoms with E-state index in [1.54, 1.807) is 14.1 Å². The zero-order valence-electron chi connectivity index (χ0n) is 9.27. The molecule has 1 atom stereocenters. The molecule has 0 bridgehead atoms. The molecule has 0 saturated heterocycles. The third kappa shape index (κ3) is 3.07. The zero-order valence-corrected chi connectivity index (χ0v) is 10.9. The summed E-state index contributed by atoms with van der Waals surface area (Å²) in [6.07, 6.45) is 0.214. The first-order valence-electron chi connectivity index (χ1n) is 4.90. The molecule has 1 rings (SSSR count). The van der Waals surface area contributed by atoms with Crippen LogP contribution in [0.1, 0.15) is 17.9 Å². The lowest BCUT2D eigenvalue weighted by Gasteiger charge is -2.14. The first-order chi connectivity index (χ1) is 7.56. The summed E-state index contributed by atoms with van der Waals surface area (Å²) >= 11 is 3.39. The summed E-state index contributed by atoms with van der Waals surface area (Å²) in [4.78, 5) is 13.1. The highest BCUT2D eigenvalue weighted by atomic mass is 79.9. The van der Waals surface area contributed by atoms with E-state index in [0.717, 1.165) is 10.0 Å². The highest BCUT2D eigenvalue weighted by molar-refractivity contribution is 9.10. The van der Waals surface area contributed by atoms with Gasteiger partial charge in [-0.25, -0.2) is 0 Å². The second-order valence-electron chi connectivity index (χ2n) is 3.70. The minimum Gasteiger partial charge on any atom is -0.349 e. The molecular formula is C12H13BrN2O. The lowest BCUT2D eigenvalue weighted by atomic mass is 9.97. The molecule has 0 aliphatic carbocycles. The molecule has 0 fully saturated rings. The number of nitriles is 1. The molecule has 4 heteroatoms. The van der Waals surface area contributed by atoms with Crippen molar-refractivity contribution in [1.29, 1.82) is 5.26 Å². The Morgan fingerprint density at radius 2 is 2.12 bits per heavy atom. The Kier molecular flexibility index (Phi) is 4.51. The zero-order chi connectivity index (χ0) is 12.1. The fraction of sp³-hybridized carbons (Fsp3) is 0.333. The number of benzene rings is 1. The maximum Gasteiger partial charge on any atom is 0.223 e. The summed E-state index contributed by atoms with van der Waals surface area (Å²) in [6, 6.07) is 9.65. The minimum atomic E-state index is -0.398. The molecule has 0 aliphatic heterocycles. The van der Waals surface area contributed by atoms with Gasteiger partial charge in [-0.3, -0.25) is 4.79 Å². The third-order valence-electron chi connectivity index (χ3n) is 2.31. The lowest BCUT2D eigenvalue weighted by Crippen LogP contribution is -2.23. The van der Waals surface area contributed by atoms with Crippen LogP contribution in [-0.2, 0) is 4.79 Å². The molecule has 0 aromatic heterocycles. The van der Waals surface area contributed by atoms with E-state index in [1.807, 2.05) is 24.3 Å². The summed E-state index contributed by atoms with van der Waals surface area (Å²) in [5, 5.41) is 9.09. The third-order valence-corrected chi connectivity index (χ3v) is 3.04. The summed E-state index contributed by atoms with van der Waals surface area (Å²) in [7, 11) is 3.38. The lowest BCUT2D eigenvalue weighted by molar-refractivity contribution is -0.128. The van der Waals surface area contributed by atoms with E-state index in [4.69, 9.17) is 5.26 Å². The van der Waals surface area contributed by atoms with Gasteiger partial charge in [0.1, 0.15) is 0 Å². The first kappa shape index (κ1) is 12.7. The summed E-state index contributed by atoms with van der Waals surface area (Å²) in [5.41, 5.74) is 0.861. The van der Waals surface area contributed by atoms with Crippen molar-refractivity contribution < 1.29 is 4.79 Å². The molecule has 0 radical (unpaired) electrons. The van der Waals surface area contributed by atoms with Crippen LogP contribution in [-0.4, -0.2) is 24.9 Å². The van der Waals surface area contributed by atoms with Gasteiger partial charge in [0.2, 0.25) is 5.91 Å².